The Bertz CT molecular complexity index is 919. The molecule has 1 saturated heterocycles. The quantitative estimate of drug-likeness (QED) is 0.798. The first kappa shape index (κ1) is 15.8. The number of aromatic nitrogens is 2. The molecule has 1 aliphatic rings. The normalized spacial score (nSPS) is 17.4. The van der Waals surface area contributed by atoms with E-state index >= 15 is 0 Å². The van der Waals surface area contributed by atoms with Crippen molar-refractivity contribution >= 4 is 11.6 Å². The van der Waals surface area contributed by atoms with Gasteiger partial charge in [-0.1, -0.05) is 18.2 Å². The van der Waals surface area contributed by atoms with Gasteiger partial charge >= 0.3 is 0 Å². The number of amides is 1. The number of carbonyl (C=O) groups is 1. The predicted molar refractivity (Wildman–Crippen MR) is 92.7 cm³/mol. The number of halogens is 1. The molecule has 25 heavy (non-hydrogen) atoms. The van der Waals surface area contributed by atoms with Crippen molar-refractivity contribution in [1.82, 2.24) is 14.3 Å². The van der Waals surface area contributed by atoms with Gasteiger partial charge in [0.1, 0.15) is 17.2 Å². The highest BCUT2D eigenvalue weighted by Crippen LogP contribution is 2.28. The lowest BCUT2D eigenvalue weighted by Crippen LogP contribution is -2.28. The van der Waals surface area contributed by atoms with Crippen LogP contribution in [0.4, 0.5) is 4.39 Å². The van der Waals surface area contributed by atoms with E-state index in [-0.39, 0.29) is 17.6 Å². The highest BCUT2D eigenvalue weighted by atomic mass is 19.1. The summed E-state index contributed by atoms with van der Waals surface area (Å²) in [4.78, 5) is 19.0. The topological polar surface area (TPSA) is 63.6 Å². The zero-order valence-corrected chi connectivity index (χ0v) is 13.7. The van der Waals surface area contributed by atoms with Gasteiger partial charge in [-0.15, -0.1) is 0 Å². The first-order valence-corrected chi connectivity index (χ1v) is 8.36. The smallest absolute Gasteiger partial charge is 0.274 e. The van der Waals surface area contributed by atoms with Crippen molar-refractivity contribution in [3.8, 4) is 0 Å². The van der Waals surface area contributed by atoms with E-state index in [2.05, 4.69) is 4.98 Å². The summed E-state index contributed by atoms with van der Waals surface area (Å²) in [5, 5.41) is 0. The molecule has 2 aromatic heterocycles. The number of rotatable bonds is 3. The molecule has 4 rings (SSSR count). The maximum atomic E-state index is 13.1. The predicted octanol–water partition coefficient (Wildman–Crippen LogP) is 2.56. The fraction of sp³-hybridized carbons (Fsp3) is 0.263. The lowest BCUT2D eigenvalue weighted by atomic mass is 9.99. The van der Waals surface area contributed by atoms with Crippen LogP contribution in [0.15, 0.2) is 48.8 Å². The molecule has 1 aliphatic heterocycles. The second-order valence-electron chi connectivity index (χ2n) is 6.42. The van der Waals surface area contributed by atoms with Crippen LogP contribution in [0, 0.1) is 5.82 Å². The molecular weight excluding hydrogens is 319 g/mol. The van der Waals surface area contributed by atoms with Crippen molar-refractivity contribution < 1.29 is 9.18 Å². The van der Waals surface area contributed by atoms with Gasteiger partial charge in [-0.25, -0.2) is 9.37 Å². The molecule has 1 aromatic carbocycles. The Morgan fingerprint density at radius 3 is 2.76 bits per heavy atom. The largest absolute Gasteiger partial charge is 0.337 e. The van der Waals surface area contributed by atoms with Crippen LogP contribution >= 0.6 is 0 Å². The van der Waals surface area contributed by atoms with Crippen LogP contribution in [0.1, 0.15) is 34.0 Å². The maximum absolute atomic E-state index is 13.1. The van der Waals surface area contributed by atoms with E-state index in [1.807, 2.05) is 27.6 Å². The van der Waals surface area contributed by atoms with E-state index in [0.29, 0.717) is 25.3 Å². The van der Waals surface area contributed by atoms with Gasteiger partial charge in [0.2, 0.25) is 0 Å². The minimum absolute atomic E-state index is 0.0670. The molecule has 5 nitrogen and oxygen atoms in total. The summed E-state index contributed by atoms with van der Waals surface area (Å²) in [6.45, 7) is 1.76. The molecule has 0 saturated carbocycles. The summed E-state index contributed by atoms with van der Waals surface area (Å²) in [5.41, 5.74) is 8.88. The lowest BCUT2D eigenvalue weighted by Gasteiger charge is -2.15. The number of nitrogens with zero attached hydrogens (tertiary/aromatic N) is 3. The number of nitrogens with two attached hydrogens (primary N) is 1. The number of hydrogen-bond donors (Lipinski definition) is 1. The molecule has 1 unspecified atom stereocenters. The average Bonchev–Trinajstić information content (AvgIpc) is 3.28. The summed E-state index contributed by atoms with van der Waals surface area (Å²) in [5.74, 6) is -0.0655. The first-order valence-electron chi connectivity index (χ1n) is 8.36. The summed E-state index contributed by atoms with van der Waals surface area (Å²) >= 11 is 0. The highest BCUT2D eigenvalue weighted by molar-refractivity contribution is 5.93. The Kier molecular flexibility index (Phi) is 3.97. The van der Waals surface area contributed by atoms with E-state index in [9.17, 15) is 9.18 Å². The standard InChI is InChI=1S/C19H19FN4O/c20-16-4-2-14(3-5-16)15-7-8-23(11-15)19(25)17-12-24-10-13(9-21)1-6-18(24)22-17/h1-6,10,12,15H,7-9,11,21H2. The molecule has 0 bridgehead atoms. The number of carbonyl (C=O) groups excluding carboxylic acids is 1. The molecule has 3 aromatic rings. The number of imidazole rings is 1. The minimum atomic E-state index is -0.240. The van der Waals surface area contributed by atoms with E-state index < -0.39 is 0 Å². The number of pyridine rings is 1. The third kappa shape index (κ3) is 3.00. The van der Waals surface area contributed by atoms with Gasteiger partial charge in [-0.3, -0.25) is 4.79 Å². The Balaban J connectivity index is 1.52. The SMILES string of the molecule is NCc1ccc2nc(C(=O)N3CCC(c4ccc(F)cc4)C3)cn2c1. The van der Waals surface area contributed by atoms with Crippen molar-refractivity contribution in [3.05, 3.63) is 71.4 Å². The molecule has 0 aliphatic carbocycles. The number of likely N-dealkylation sites (tertiary alicyclic amines) is 1. The summed E-state index contributed by atoms with van der Waals surface area (Å²) in [7, 11) is 0. The van der Waals surface area contributed by atoms with Crippen LogP contribution < -0.4 is 5.73 Å². The van der Waals surface area contributed by atoms with E-state index in [4.69, 9.17) is 5.73 Å². The molecule has 6 heteroatoms. The molecule has 1 fully saturated rings. The van der Waals surface area contributed by atoms with Gasteiger partial charge in [0.25, 0.3) is 5.91 Å². The van der Waals surface area contributed by atoms with Gasteiger partial charge in [0.05, 0.1) is 0 Å². The van der Waals surface area contributed by atoms with Crippen molar-refractivity contribution in [2.24, 2.45) is 5.73 Å². The van der Waals surface area contributed by atoms with Gasteiger partial charge in [0, 0.05) is 37.9 Å². The summed E-state index contributed by atoms with van der Waals surface area (Å²) in [6.07, 6.45) is 4.52. The van der Waals surface area contributed by atoms with Crippen molar-refractivity contribution in [2.75, 3.05) is 13.1 Å². The Morgan fingerprint density at radius 2 is 2.00 bits per heavy atom. The third-order valence-electron chi connectivity index (χ3n) is 4.78. The van der Waals surface area contributed by atoms with Crippen LogP contribution in [-0.4, -0.2) is 33.3 Å². The zero-order chi connectivity index (χ0) is 17.4. The van der Waals surface area contributed by atoms with Crippen molar-refractivity contribution in [1.29, 1.82) is 0 Å². The van der Waals surface area contributed by atoms with Crippen molar-refractivity contribution in [2.45, 2.75) is 18.9 Å². The second-order valence-corrected chi connectivity index (χ2v) is 6.42. The molecule has 0 radical (unpaired) electrons. The molecule has 2 N–H and O–H groups in total. The van der Waals surface area contributed by atoms with E-state index in [1.165, 1.54) is 12.1 Å². The Hall–Kier alpha value is -2.73. The van der Waals surface area contributed by atoms with Crippen LogP contribution in [0.25, 0.3) is 5.65 Å². The van der Waals surface area contributed by atoms with Gasteiger partial charge in [-0.2, -0.15) is 0 Å². The van der Waals surface area contributed by atoms with Gasteiger partial charge in [-0.05, 0) is 35.7 Å². The Labute approximate surface area is 144 Å². The van der Waals surface area contributed by atoms with Crippen LogP contribution in [0.5, 0.6) is 0 Å². The van der Waals surface area contributed by atoms with Crippen LogP contribution in [0.3, 0.4) is 0 Å². The molecule has 1 amide bonds. The monoisotopic (exact) mass is 338 g/mol. The van der Waals surface area contributed by atoms with Crippen molar-refractivity contribution in [3.63, 3.8) is 0 Å². The first-order chi connectivity index (χ1) is 12.1. The van der Waals surface area contributed by atoms with Gasteiger partial charge in [0.15, 0.2) is 0 Å². The number of fused-ring (bicyclic) bond motifs is 1. The Morgan fingerprint density at radius 1 is 1.20 bits per heavy atom. The maximum Gasteiger partial charge on any atom is 0.274 e. The fourth-order valence-electron chi connectivity index (χ4n) is 3.38. The molecule has 3 heterocycles. The molecule has 0 spiro atoms. The summed E-state index contributed by atoms with van der Waals surface area (Å²) in [6, 6.07) is 10.3. The summed E-state index contributed by atoms with van der Waals surface area (Å²) < 4.78 is 14.9. The fourth-order valence-corrected chi connectivity index (χ4v) is 3.38. The second kappa shape index (κ2) is 6.29. The molecular formula is C19H19FN4O. The molecule has 128 valence electrons. The highest BCUT2D eigenvalue weighted by Gasteiger charge is 2.29. The minimum Gasteiger partial charge on any atom is -0.337 e. The van der Waals surface area contributed by atoms with E-state index in [0.717, 1.165) is 23.2 Å². The average molecular weight is 338 g/mol. The van der Waals surface area contributed by atoms with Crippen LogP contribution in [0.2, 0.25) is 0 Å². The number of hydrogen-bond acceptors (Lipinski definition) is 3. The lowest BCUT2D eigenvalue weighted by molar-refractivity contribution is 0.0785. The van der Waals surface area contributed by atoms with Crippen LogP contribution in [-0.2, 0) is 6.54 Å². The van der Waals surface area contributed by atoms with E-state index in [1.54, 1.807) is 18.3 Å². The number of benzene rings is 1. The zero-order valence-electron chi connectivity index (χ0n) is 13.7. The van der Waals surface area contributed by atoms with Gasteiger partial charge < -0.3 is 15.0 Å². The molecule has 1 atom stereocenters. The third-order valence-corrected chi connectivity index (χ3v) is 4.78.